The maximum atomic E-state index is 13.7. The van der Waals surface area contributed by atoms with E-state index in [-0.39, 0.29) is 56.4 Å². The van der Waals surface area contributed by atoms with Gasteiger partial charge in [0.15, 0.2) is 17.4 Å². The summed E-state index contributed by atoms with van der Waals surface area (Å²) in [6.45, 7) is 0.103. The summed E-state index contributed by atoms with van der Waals surface area (Å²) in [5.74, 6) is -5.34. The van der Waals surface area contributed by atoms with Gasteiger partial charge in [-0.25, -0.2) is 22.8 Å². The Labute approximate surface area is 167 Å². The Hall–Kier alpha value is -2.18. The molecule has 2 N–H and O–H groups in total. The van der Waals surface area contributed by atoms with E-state index in [2.05, 4.69) is 10.1 Å². The van der Waals surface area contributed by atoms with E-state index < -0.39 is 41.3 Å². The van der Waals surface area contributed by atoms with Crippen LogP contribution in [0.1, 0.15) is 17.2 Å². The maximum Gasteiger partial charge on any atom is 0.453 e. The number of alkyl halides is 3. The molecule has 0 unspecified atom stereocenters. The Balaban J connectivity index is 0.00000300. The van der Waals surface area contributed by atoms with Gasteiger partial charge in [-0.1, -0.05) is 0 Å². The zero-order chi connectivity index (χ0) is 20.6. The largest absolute Gasteiger partial charge is 0.453 e. The smallest absolute Gasteiger partial charge is 0.321 e. The number of nitrogens with zero attached hydrogens (tertiary/aromatic N) is 4. The second kappa shape index (κ2) is 8.67. The molecule has 6 nitrogen and oxygen atoms in total. The Bertz CT molecular complexity index is 903. The number of carbonyl (C=O) groups is 1. The minimum Gasteiger partial charge on any atom is -0.321 e. The third kappa shape index (κ3) is 5.25. The van der Waals surface area contributed by atoms with E-state index in [1.165, 1.54) is 4.90 Å². The molecule has 0 spiro atoms. The van der Waals surface area contributed by atoms with Crippen LogP contribution in [0, 0.1) is 17.5 Å². The van der Waals surface area contributed by atoms with E-state index >= 15 is 0 Å². The van der Waals surface area contributed by atoms with Gasteiger partial charge in [0.1, 0.15) is 11.6 Å². The number of fused-ring (bicyclic) bond motifs is 1. The van der Waals surface area contributed by atoms with E-state index in [4.69, 9.17) is 5.73 Å². The van der Waals surface area contributed by atoms with Crippen LogP contribution in [0.5, 0.6) is 0 Å². The predicted octanol–water partition coefficient (Wildman–Crippen LogP) is 2.09. The average molecular weight is 444 g/mol. The number of aromatic nitrogens is 3. The molecule has 0 radical (unpaired) electrons. The first-order chi connectivity index (χ1) is 13.0. The summed E-state index contributed by atoms with van der Waals surface area (Å²) in [6, 6.07) is -0.179. The molecule has 0 bridgehead atoms. The summed E-state index contributed by atoms with van der Waals surface area (Å²) in [4.78, 5) is 17.2. The van der Waals surface area contributed by atoms with Crippen LogP contribution in [0.2, 0.25) is 0 Å². The maximum absolute atomic E-state index is 13.7. The van der Waals surface area contributed by atoms with Crippen LogP contribution in [0.25, 0.3) is 0 Å². The van der Waals surface area contributed by atoms with Crippen LogP contribution in [0.15, 0.2) is 12.1 Å². The molecule has 3 rings (SSSR count). The number of hydrogen-bond donors (Lipinski definition) is 1. The fourth-order valence-electron chi connectivity index (χ4n) is 2.85. The van der Waals surface area contributed by atoms with Crippen molar-refractivity contribution in [2.45, 2.75) is 31.7 Å². The zero-order valence-electron chi connectivity index (χ0n) is 14.7. The van der Waals surface area contributed by atoms with Crippen LogP contribution in [0.4, 0.5) is 26.3 Å². The lowest BCUT2D eigenvalue weighted by molar-refractivity contribution is -0.145. The minimum atomic E-state index is -4.66. The molecule has 1 aromatic heterocycles. The van der Waals surface area contributed by atoms with Gasteiger partial charge in [-0.15, -0.1) is 17.5 Å². The van der Waals surface area contributed by atoms with Crippen molar-refractivity contribution in [1.29, 1.82) is 0 Å². The highest BCUT2D eigenvalue weighted by atomic mass is 35.5. The van der Waals surface area contributed by atoms with Gasteiger partial charge in [-0.05, 0) is 18.1 Å². The van der Waals surface area contributed by atoms with E-state index in [1.54, 1.807) is 0 Å². The van der Waals surface area contributed by atoms with Crippen LogP contribution in [-0.4, -0.2) is 44.6 Å². The minimum absolute atomic E-state index is 0. The number of ketones is 1. The molecule has 1 aliphatic rings. The number of halogens is 7. The fourth-order valence-corrected chi connectivity index (χ4v) is 2.85. The van der Waals surface area contributed by atoms with Crippen molar-refractivity contribution in [1.82, 2.24) is 19.7 Å². The third-order valence-corrected chi connectivity index (χ3v) is 4.32. The highest BCUT2D eigenvalue weighted by Gasteiger charge is 2.38. The lowest BCUT2D eigenvalue weighted by Gasteiger charge is -2.26. The third-order valence-electron chi connectivity index (χ3n) is 4.32. The number of carbonyl (C=O) groups excluding carboxylic acids is 1. The molecule has 160 valence electrons. The molecule has 0 saturated carbocycles. The molecular formula is C16H16ClF6N5O. The van der Waals surface area contributed by atoms with Gasteiger partial charge in [0.2, 0.25) is 0 Å². The van der Waals surface area contributed by atoms with Gasteiger partial charge in [0.25, 0.3) is 5.82 Å². The average Bonchev–Trinajstić information content (AvgIpc) is 3.03. The van der Waals surface area contributed by atoms with Crippen molar-refractivity contribution < 1.29 is 31.1 Å². The first kappa shape index (κ1) is 23.1. The van der Waals surface area contributed by atoms with Crippen LogP contribution in [-0.2, 0) is 30.5 Å². The van der Waals surface area contributed by atoms with Gasteiger partial charge in [0.05, 0.1) is 25.7 Å². The number of hydrogen-bond acceptors (Lipinski definition) is 5. The van der Waals surface area contributed by atoms with Gasteiger partial charge < -0.3 is 5.73 Å². The SMILES string of the molecule is Cl.N[C@H](Cc1cc(F)c(F)cc1F)C(=O)CN1CCn2nc(C(F)(F)F)nc2C1. The molecule has 0 aliphatic carbocycles. The Kier molecular flexibility index (Phi) is 6.91. The van der Waals surface area contributed by atoms with E-state index in [9.17, 15) is 31.1 Å². The quantitative estimate of drug-likeness (QED) is 0.565. The number of nitrogens with two attached hydrogens (primary N) is 1. The van der Waals surface area contributed by atoms with E-state index in [0.717, 1.165) is 4.68 Å². The molecule has 2 aromatic rings. The number of benzene rings is 1. The highest BCUT2D eigenvalue weighted by Crippen LogP contribution is 2.27. The second-order valence-electron chi connectivity index (χ2n) is 6.42. The number of rotatable bonds is 5. The number of Topliss-reactive ketones (excluding diaryl/α,β-unsaturated/α-hetero) is 1. The van der Waals surface area contributed by atoms with Gasteiger partial charge >= 0.3 is 6.18 Å². The topological polar surface area (TPSA) is 77.0 Å². The van der Waals surface area contributed by atoms with Gasteiger partial charge in [-0.3, -0.25) is 9.69 Å². The molecule has 13 heteroatoms. The summed E-state index contributed by atoms with van der Waals surface area (Å²) >= 11 is 0. The van der Waals surface area contributed by atoms with Crippen molar-refractivity contribution in [3.63, 3.8) is 0 Å². The first-order valence-electron chi connectivity index (χ1n) is 8.19. The lowest BCUT2D eigenvalue weighted by atomic mass is 10.0. The molecule has 0 amide bonds. The molecule has 1 aromatic carbocycles. The predicted molar refractivity (Wildman–Crippen MR) is 90.6 cm³/mol. The van der Waals surface area contributed by atoms with E-state index in [1.807, 2.05) is 0 Å². The molecule has 1 aliphatic heterocycles. The fraction of sp³-hybridized carbons (Fsp3) is 0.438. The van der Waals surface area contributed by atoms with Crippen LogP contribution < -0.4 is 5.73 Å². The Morgan fingerprint density at radius 1 is 1.14 bits per heavy atom. The molecule has 2 heterocycles. The summed E-state index contributed by atoms with van der Waals surface area (Å²) in [5.41, 5.74) is 5.50. The monoisotopic (exact) mass is 443 g/mol. The summed E-state index contributed by atoms with van der Waals surface area (Å²) in [5, 5.41) is 3.39. The Morgan fingerprint density at radius 3 is 2.45 bits per heavy atom. The second-order valence-corrected chi connectivity index (χ2v) is 6.42. The lowest BCUT2D eigenvalue weighted by Crippen LogP contribution is -2.44. The van der Waals surface area contributed by atoms with Gasteiger partial charge in [-0.2, -0.15) is 13.2 Å². The van der Waals surface area contributed by atoms with Crippen molar-refractivity contribution in [2.75, 3.05) is 13.1 Å². The van der Waals surface area contributed by atoms with Crippen molar-refractivity contribution >= 4 is 18.2 Å². The van der Waals surface area contributed by atoms with Crippen molar-refractivity contribution in [3.8, 4) is 0 Å². The van der Waals surface area contributed by atoms with E-state index in [0.29, 0.717) is 12.1 Å². The van der Waals surface area contributed by atoms with Crippen molar-refractivity contribution in [2.24, 2.45) is 5.73 Å². The summed E-state index contributed by atoms with van der Waals surface area (Å²) < 4.78 is 79.0. The van der Waals surface area contributed by atoms with Crippen molar-refractivity contribution in [3.05, 3.63) is 46.8 Å². The van der Waals surface area contributed by atoms with Crippen LogP contribution >= 0.6 is 12.4 Å². The Morgan fingerprint density at radius 2 is 1.79 bits per heavy atom. The summed E-state index contributed by atoms with van der Waals surface area (Å²) in [6.07, 6.45) is -5.01. The molecule has 29 heavy (non-hydrogen) atoms. The first-order valence-corrected chi connectivity index (χ1v) is 8.19. The molecule has 0 saturated heterocycles. The molecule has 1 atom stereocenters. The van der Waals surface area contributed by atoms with Gasteiger partial charge in [0, 0.05) is 12.6 Å². The normalized spacial score (nSPS) is 15.6. The van der Waals surface area contributed by atoms with Crippen LogP contribution in [0.3, 0.4) is 0 Å². The molecule has 0 fully saturated rings. The summed E-state index contributed by atoms with van der Waals surface area (Å²) in [7, 11) is 0. The molecular weight excluding hydrogens is 428 g/mol. The standard InChI is InChI=1S/C16H15F6N5O.ClH/c17-9-5-11(19)10(18)3-8(9)4-12(23)13(28)6-26-1-2-27-14(7-26)24-15(25-27)16(20,21)22;/h3,5,12H,1-2,4,6-7,23H2;1H/t12-;/m1./s1. The highest BCUT2D eigenvalue weighted by molar-refractivity contribution is 5.86. The zero-order valence-corrected chi connectivity index (χ0v) is 15.5.